The molecule has 1 heterocycles. The lowest BCUT2D eigenvalue weighted by molar-refractivity contribution is -0.131. The maximum absolute atomic E-state index is 12.8. The lowest BCUT2D eigenvalue weighted by Crippen LogP contribution is -2.37. The van der Waals surface area contributed by atoms with Crippen LogP contribution in [0.1, 0.15) is 42.1 Å². The molecule has 6 nitrogen and oxygen atoms in total. The smallest absolute Gasteiger partial charge is 0.253 e. The molecule has 31 heavy (non-hydrogen) atoms. The first-order valence-electron chi connectivity index (χ1n) is 11.1. The molecule has 0 saturated carbocycles. The van der Waals surface area contributed by atoms with Crippen LogP contribution in [0.4, 0.5) is 0 Å². The van der Waals surface area contributed by atoms with Gasteiger partial charge in [0.2, 0.25) is 5.91 Å². The molecule has 0 radical (unpaired) electrons. The van der Waals surface area contributed by atoms with Gasteiger partial charge in [0.25, 0.3) is 5.91 Å². The Morgan fingerprint density at radius 3 is 2.35 bits per heavy atom. The minimum absolute atomic E-state index is 0.0411. The van der Waals surface area contributed by atoms with Gasteiger partial charge in [0.1, 0.15) is 0 Å². The van der Waals surface area contributed by atoms with Crippen molar-refractivity contribution in [3.05, 3.63) is 59.7 Å². The van der Waals surface area contributed by atoms with E-state index in [4.69, 9.17) is 9.47 Å². The number of ether oxygens (including phenoxy) is 2. The standard InChI is InChI=1S/C25H32N2O4/c1-3-30-22-11-4-5-12-23(22)31-18-7-13-24(28)26-14-8-15-27(17-16-26)25(29)21-10-6-9-20(2)19-21/h4-6,9-12,19H,3,7-8,13-18H2,1-2H3. The number of carbonyl (C=O) groups is 2. The Morgan fingerprint density at radius 2 is 1.61 bits per heavy atom. The van der Waals surface area contributed by atoms with Crippen LogP contribution in [-0.4, -0.2) is 61.0 Å². The maximum Gasteiger partial charge on any atom is 0.253 e. The largest absolute Gasteiger partial charge is 0.490 e. The van der Waals surface area contributed by atoms with Crippen LogP contribution in [-0.2, 0) is 4.79 Å². The van der Waals surface area contributed by atoms with Gasteiger partial charge in [-0.05, 0) is 51.0 Å². The van der Waals surface area contributed by atoms with Crippen molar-refractivity contribution in [1.82, 2.24) is 9.80 Å². The maximum atomic E-state index is 12.8. The second kappa shape index (κ2) is 11.4. The summed E-state index contributed by atoms with van der Waals surface area (Å²) in [4.78, 5) is 29.2. The fraction of sp³-hybridized carbons (Fsp3) is 0.440. The average molecular weight is 425 g/mol. The summed E-state index contributed by atoms with van der Waals surface area (Å²) >= 11 is 0. The molecule has 0 unspecified atom stereocenters. The van der Waals surface area contributed by atoms with Crippen molar-refractivity contribution < 1.29 is 19.1 Å². The fourth-order valence-corrected chi connectivity index (χ4v) is 3.74. The number of amides is 2. The van der Waals surface area contributed by atoms with Crippen LogP contribution in [0.5, 0.6) is 11.5 Å². The van der Waals surface area contributed by atoms with Crippen LogP contribution in [0.3, 0.4) is 0 Å². The Bertz CT molecular complexity index is 883. The molecule has 0 bridgehead atoms. The highest BCUT2D eigenvalue weighted by molar-refractivity contribution is 5.94. The first kappa shape index (κ1) is 22.7. The highest BCUT2D eigenvalue weighted by Crippen LogP contribution is 2.26. The quantitative estimate of drug-likeness (QED) is 0.603. The summed E-state index contributed by atoms with van der Waals surface area (Å²) in [6, 6.07) is 15.2. The Kier molecular flexibility index (Phi) is 8.33. The average Bonchev–Trinajstić information content (AvgIpc) is 3.04. The SMILES string of the molecule is CCOc1ccccc1OCCCC(=O)N1CCCN(C(=O)c2cccc(C)c2)CC1. The summed E-state index contributed by atoms with van der Waals surface area (Å²) in [6.45, 7) is 7.46. The molecule has 1 aliphatic heterocycles. The molecule has 0 aliphatic carbocycles. The minimum atomic E-state index is 0.0411. The first-order valence-corrected chi connectivity index (χ1v) is 11.1. The molecule has 3 rings (SSSR count). The molecule has 1 aliphatic rings. The van der Waals surface area contributed by atoms with Crippen LogP contribution >= 0.6 is 0 Å². The van der Waals surface area contributed by atoms with E-state index in [0.717, 1.165) is 17.7 Å². The van der Waals surface area contributed by atoms with Crippen molar-refractivity contribution in [1.29, 1.82) is 0 Å². The van der Waals surface area contributed by atoms with Gasteiger partial charge in [-0.15, -0.1) is 0 Å². The number of benzene rings is 2. The zero-order chi connectivity index (χ0) is 22.1. The van der Waals surface area contributed by atoms with Crippen molar-refractivity contribution in [2.45, 2.75) is 33.1 Å². The van der Waals surface area contributed by atoms with Crippen LogP contribution in [0.25, 0.3) is 0 Å². The second-order valence-electron chi connectivity index (χ2n) is 7.73. The van der Waals surface area contributed by atoms with E-state index in [1.165, 1.54) is 0 Å². The third kappa shape index (κ3) is 6.48. The number of hydrogen-bond donors (Lipinski definition) is 0. The van der Waals surface area contributed by atoms with Gasteiger partial charge in [0.05, 0.1) is 13.2 Å². The van der Waals surface area contributed by atoms with Crippen molar-refractivity contribution in [3.8, 4) is 11.5 Å². The van der Waals surface area contributed by atoms with Gasteiger partial charge in [-0.2, -0.15) is 0 Å². The van der Waals surface area contributed by atoms with E-state index < -0.39 is 0 Å². The summed E-state index contributed by atoms with van der Waals surface area (Å²) < 4.78 is 11.4. The van der Waals surface area contributed by atoms with E-state index in [9.17, 15) is 9.59 Å². The van der Waals surface area contributed by atoms with Gasteiger partial charge >= 0.3 is 0 Å². The fourth-order valence-electron chi connectivity index (χ4n) is 3.74. The molecule has 0 atom stereocenters. The summed E-state index contributed by atoms with van der Waals surface area (Å²) in [5, 5.41) is 0. The zero-order valence-corrected chi connectivity index (χ0v) is 18.5. The topological polar surface area (TPSA) is 59.1 Å². The Hall–Kier alpha value is -3.02. The van der Waals surface area contributed by atoms with Gasteiger partial charge in [-0.1, -0.05) is 29.8 Å². The third-order valence-corrected chi connectivity index (χ3v) is 5.34. The minimum Gasteiger partial charge on any atom is -0.490 e. The van der Waals surface area contributed by atoms with Gasteiger partial charge in [-0.25, -0.2) is 0 Å². The van der Waals surface area contributed by atoms with E-state index in [-0.39, 0.29) is 11.8 Å². The van der Waals surface area contributed by atoms with E-state index in [0.29, 0.717) is 63.5 Å². The van der Waals surface area contributed by atoms with Gasteiger partial charge in [0, 0.05) is 38.2 Å². The Balaban J connectivity index is 1.44. The van der Waals surface area contributed by atoms with Crippen LogP contribution in [0.15, 0.2) is 48.5 Å². The van der Waals surface area contributed by atoms with Gasteiger partial charge in [0.15, 0.2) is 11.5 Å². The molecule has 1 saturated heterocycles. The van der Waals surface area contributed by atoms with Crippen molar-refractivity contribution in [2.24, 2.45) is 0 Å². The third-order valence-electron chi connectivity index (χ3n) is 5.34. The first-order chi connectivity index (χ1) is 15.1. The molecule has 6 heteroatoms. The van der Waals surface area contributed by atoms with Crippen molar-refractivity contribution in [3.63, 3.8) is 0 Å². The summed E-state index contributed by atoms with van der Waals surface area (Å²) in [5.74, 6) is 1.59. The molecular formula is C25H32N2O4. The number of aryl methyl sites for hydroxylation is 1. The molecule has 2 aromatic rings. The van der Waals surface area contributed by atoms with Gasteiger partial charge in [-0.3, -0.25) is 9.59 Å². The normalized spacial score (nSPS) is 14.1. The molecule has 2 amide bonds. The monoisotopic (exact) mass is 424 g/mol. The zero-order valence-electron chi connectivity index (χ0n) is 18.5. The highest BCUT2D eigenvalue weighted by atomic mass is 16.5. The second-order valence-corrected chi connectivity index (χ2v) is 7.73. The molecular weight excluding hydrogens is 392 g/mol. The number of carbonyl (C=O) groups excluding carboxylic acids is 2. The number of nitrogens with zero attached hydrogens (tertiary/aromatic N) is 2. The summed E-state index contributed by atoms with van der Waals surface area (Å²) in [7, 11) is 0. The number of rotatable bonds is 8. The van der Waals surface area contributed by atoms with Crippen LogP contribution < -0.4 is 9.47 Å². The van der Waals surface area contributed by atoms with Crippen LogP contribution in [0.2, 0.25) is 0 Å². The number of hydrogen-bond acceptors (Lipinski definition) is 4. The Morgan fingerprint density at radius 1 is 0.903 bits per heavy atom. The van der Waals surface area contributed by atoms with Crippen LogP contribution in [0, 0.1) is 6.92 Å². The lowest BCUT2D eigenvalue weighted by Gasteiger charge is -2.22. The molecule has 1 fully saturated rings. The Labute approximate surface area is 184 Å². The van der Waals surface area contributed by atoms with E-state index >= 15 is 0 Å². The molecule has 166 valence electrons. The molecule has 0 spiro atoms. The van der Waals surface area contributed by atoms with E-state index in [2.05, 4.69) is 0 Å². The number of para-hydroxylation sites is 2. The predicted molar refractivity (Wildman–Crippen MR) is 121 cm³/mol. The summed E-state index contributed by atoms with van der Waals surface area (Å²) in [6.07, 6.45) is 1.87. The highest BCUT2D eigenvalue weighted by Gasteiger charge is 2.22. The van der Waals surface area contributed by atoms with E-state index in [1.807, 2.05) is 72.2 Å². The molecule has 0 N–H and O–H groups in total. The summed E-state index contributed by atoms with van der Waals surface area (Å²) in [5.41, 5.74) is 1.79. The molecule has 2 aromatic carbocycles. The molecule has 0 aromatic heterocycles. The predicted octanol–water partition coefficient (Wildman–Crippen LogP) is 3.93. The van der Waals surface area contributed by atoms with Crippen molar-refractivity contribution in [2.75, 3.05) is 39.4 Å². The lowest BCUT2D eigenvalue weighted by atomic mass is 10.1. The van der Waals surface area contributed by atoms with E-state index in [1.54, 1.807) is 0 Å². The van der Waals surface area contributed by atoms with Crippen molar-refractivity contribution >= 4 is 11.8 Å². The van der Waals surface area contributed by atoms with Gasteiger partial charge < -0.3 is 19.3 Å².